The largest absolute Gasteiger partial charge is 0.488 e. The molecule has 3 heteroatoms. The van der Waals surface area contributed by atoms with Crippen LogP contribution in [-0.2, 0) is 9.31 Å². The number of hydrogen-bond donors (Lipinski definition) is 0. The normalized spacial score (nSPS) is 36.9. The highest BCUT2D eigenvalue weighted by molar-refractivity contribution is 6.19. The van der Waals surface area contributed by atoms with Crippen LogP contribution in [0.3, 0.4) is 0 Å². The van der Waals surface area contributed by atoms with Gasteiger partial charge in [-0.3, -0.25) is 0 Å². The summed E-state index contributed by atoms with van der Waals surface area (Å²) in [5.41, 5.74) is 0. The lowest BCUT2D eigenvalue weighted by atomic mass is 9.77. The Morgan fingerprint density at radius 3 is 1.41 bits per heavy atom. The van der Waals surface area contributed by atoms with Gasteiger partial charge in [-0.05, 0) is 37.5 Å². The van der Waals surface area contributed by atoms with Gasteiger partial charge in [-0.2, -0.15) is 0 Å². The fourth-order valence-corrected chi connectivity index (χ4v) is 4.00. The van der Waals surface area contributed by atoms with Crippen LogP contribution >= 0.6 is 0 Å². The molecule has 17 heavy (non-hydrogen) atoms. The Kier molecular flexibility index (Phi) is 4.07. The summed E-state index contributed by atoms with van der Waals surface area (Å²) in [5, 5.41) is 0. The predicted molar refractivity (Wildman–Crippen MR) is 68.7 cm³/mol. The van der Waals surface area contributed by atoms with Gasteiger partial charge >= 0.3 is 7.69 Å². The molecule has 0 aromatic carbocycles. The molecule has 0 N–H and O–H groups in total. The van der Waals surface area contributed by atoms with Crippen molar-refractivity contribution < 1.29 is 9.31 Å². The average Bonchev–Trinajstić information content (AvgIpc) is 2.90. The Hall–Kier alpha value is -0.0151. The van der Waals surface area contributed by atoms with E-state index in [0.29, 0.717) is 12.2 Å². The monoisotopic (exact) mass is 235 g/mol. The van der Waals surface area contributed by atoms with Crippen LogP contribution in [0.1, 0.15) is 64.2 Å². The van der Waals surface area contributed by atoms with E-state index in [1.54, 1.807) is 7.69 Å². The van der Waals surface area contributed by atoms with E-state index in [2.05, 4.69) is 0 Å². The Labute approximate surface area is 106 Å². The molecule has 1 aliphatic heterocycles. The van der Waals surface area contributed by atoms with Crippen molar-refractivity contribution in [2.24, 2.45) is 11.8 Å². The molecule has 0 bridgehead atoms. The zero-order valence-electron chi connectivity index (χ0n) is 10.8. The zero-order valence-corrected chi connectivity index (χ0v) is 10.8. The average molecular weight is 235 g/mol. The SMILES string of the molecule is [B]1O[C@H](C2CCCCC2)[C@@H](C2CCCCC2)O1. The standard InChI is InChI=1S/C14H24BO2/c1-3-7-11(8-4-1)13-14(17-15-16-13)12-9-5-2-6-10-12/h11-14H,1-10H2/t13-,14-/m1/s1. The van der Waals surface area contributed by atoms with Crippen LogP contribution in [0.15, 0.2) is 0 Å². The van der Waals surface area contributed by atoms with Crippen molar-refractivity contribution in [1.82, 2.24) is 0 Å². The van der Waals surface area contributed by atoms with Gasteiger partial charge < -0.3 is 9.31 Å². The second-order valence-corrected chi connectivity index (χ2v) is 6.09. The van der Waals surface area contributed by atoms with Gasteiger partial charge in [0.2, 0.25) is 0 Å². The lowest BCUT2D eigenvalue weighted by molar-refractivity contribution is 0.0324. The Balaban J connectivity index is 1.61. The molecule has 2 saturated carbocycles. The van der Waals surface area contributed by atoms with Crippen LogP contribution < -0.4 is 0 Å². The fraction of sp³-hybridized carbons (Fsp3) is 1.00. The molecule has 0 aromatic rings. The molecule has 95 valence electrons. The Bertz CT molecular complexity index is 210. The first-order valence-corrected chi connectivity index (χ1v) is 7.58. The van der Waals surface area contributed by atoms with Gasteiger partial charge in [0.15, 0.2) is 0 Å². The van der Waals surface area contributed by atoms with Crippen LogP contribution in [-0.4, -0.2) is 19.9 Å². The minimum atomic E-state index is 0.374. The fourth-order valence-electron chi connectivity index (χ4n) is 4.00. The molecule has 0 aromatic heterocycles. The van der Waals surface area contributed by atoms with E-state index in [9.17, 15) is 0 Å². The quantitative estimate of drug-likeness (QED) is 0.682. The van der Waals surface area contributed by atoms with Crippen LogP contribution in [0.4, 0.5) is 0 Å². The highest BCUT2D eigenvalue weighted by Crippen LogP contribution is 2.38. The van der Waals surface area contributed by atoms with Crippen molar-refractivity contribution in [3.63, 3.8) is 0 Å². The number of rotatable bonds is 2. The van der Waals surface area contributed by atoms with Gasteiger partial charge in [0.05, 0.1) is 12.2 Å². The topological polar surface area (TPSA) is 18.5 Å². The lowest BCUT2D eigenvalue weighted by Crippen LogP contribution is -2.38. The molecule has 1 heterocycles. The highest BCUT2D eigenvalue weighted by Gasteiger charge is 2.41. The van der Waals surface area contributed by atoms with Crippen molar-refractivity contribution in [3.05, 3.63) is 0 Å². The summed E-state index contributed by atoms with van der Waals surface area (Å²) in [5.74, 6) is 1.52. The first kappa shape index (κ1) is 12.0. The molecule has 0 amide bonds. The third-order valence-electron chi connectivity index (χ3n) is 4.98. The highest BCUT2D eigenvalue weighted by atomic mass is 16.6. The summed E-state index contributed by atoms with van der Waals surface area (Å²) in [6, 6.07) is 0. The molecule has 0 spiro atoms. The van der Waals surface area contributed by atoms with Crippen molar-refractivity contribution in [1.29, 1.82) is 0 Å². The lowest BCUT2D eigenvalue weighted by Gasteiger charge is -2.35. The Morgan fingerprint density at radius 2 is 1.00 bits per heavy atom. The van der Waals surface area contributed by atoms with Gasteiger partial charge in [-0.1, -0.05) is 38.5 Å². The van der Waals surface area contributed by atoms with Gasteiger partial charge in [-0.25, -0.2) is 0 Å². The van der Waals surface area contributed by atoms with Crippen LogP contribution in [0.5, 0.6) is 0 Å². The molecule has 1 saturated heterocycles. The minimum absolute atomic E-state index is 0.374. The molecule has 3 rings (SSSR count). The third kappa shape index (κ3) is 2.71. The van der Waals surface area contributed by atoms with E-state index in [-0.39, 0.29) is 0 Å². The minimum Gasteiger partial charge on any atom is -0.407 e. The van der Waals surface area contributed by atoms with E-state index in [1.807, 2.05) is 0 Å². The zero-order chi connectivity index (χ0) is 11.5. The molecular weight excluding hydrogens is 211 g/mol. The van der Waals surface area contributed by atoms with Crippen LogP contribution in [0.25, 0.3) is 0 Å². The summed E-state index contributed by atoms with van der Waals surface area (Å²) in [6.45, 7) is 0. The second kappa shape index (κ2) is 5.75. The van der Waals surface area contributed by atoms with E-state index >= 15 is 0 Å². The van der Waals surface area contributed by atoms with Crippen molar-refractivity contribution >= 4 is 7.69 Å². The van der Waals surface area contributed by atoms with E-state index in [0.717, 1.165) is 11.8 Å². The van der Waals surface area contributed by atoms with Crippen LogP contribution in [0.2, 0.25) is 0 Å². The maximum atomic E-state index is 5.81. The molecule has 2 atom stereocenters. The van der Waals surface area contributed by atoms with Gasteiger partial charge in [-0.15, -0.1) is 0 Å². The molecule has 0 unspecified atom stereocenters. The van der Waals surface area contributed by atoms with E-state index in [4.69, 9.17) is 9.31 Å². The third-order valence-corrected chi connectivity index (χ3v) is 4.98. The maximum Gasteiger partial charge on any atom is 0.488 e. The van der Waals surface area contributed by atoms with Gasteiger partial charge in [0.1, 0.15) is 0 Å². The summed E-state index contributed by atoms with van der Waals surface area (Å²) in [7, 11) is 1.64. The summed E-state index contributed by atoms with van der Waals surface area (Å²) < 4.78 is 11.6. The molecule has 2 nitrogen and oxygen atoms in total. The van der Waals surface area contributed by atoms with Crippen molar-refractivity contribution in [3.8, 4) is 0 Å². The first-order chi connectivity index (χ1) is 8.45. The maximum absolute atomic E-state index is 5.81. The summed E-state index contributed by atoms with van der Waals surface area (Å²) >= 11 is 0. The molecular formula is C14H24BO2. The van der Waals surface area contributed by atoms with Crippen molar-refractivity contribution in [2.45, 2.75) is 76.4 Å². The first-order valence-electron chi connectivity index (χ1n) is 7.58. The van der Waals surface area contributed by atoms with E-state index in [1.165, 1.54) is 64.2 Å². The predicted octanol–water partition coefficient (Wildman–Crippen LogP) is 3.47. The van der Waals surface area contributed by atoms with Gasteiger partial charge in [0.25, 0.3) is 0 Å². The smallest absolute Gasteiger partial charge is 0.407 e. The second-order valence-electron chi connectivity index (χ2n) is 6.09. The molecule has 3 aliphatic rings. The summed E-state index contributed by atoms with van der Waals surface area (Å²) in [4.78, 5) is 0. The van der Waals surface area contributed by atoms with Crippen molar-refractivity contribution in [2.75, 3.05) is 0 Å². The summed E-state index contributed by atoms with van der Waals surface area (Å²) in [6.07, 6.45) is 14.6. The van der Waals surface area contributed by atoms with Crippen LogP contribution in [0, 0.1) is 11.8 Å². The molecule has 1 radical (unpaired) electrons. The Morgan fingerprint density at radius 1 is 0.588 bits per heavy atom. The number of hydrogen-bond acceptors (Lipinski definition) is 2. The van der Waals surface area contributed by atoms with E-state index < -0.39 is 0 Å². The molecule has 2 aliphatic carbocycles. The van der Waals surface area contributed by atoms with Gasteiger partial charge in [0, 0.05) is 0 Å². The molecule has 3 fully saturated rings.